The highest BCUT2D eigenvalue weighted by Crippen LogP contribution is 2.45. The first-order valence-electron chi connectivity index (χ1n) is 10.2. The van der Waals surface area contributed by atoms with E-state index < -0.39 is 0 Å². The fourth-order valence-electron chi connectivity index (χ4n) is 4.82. The van der Waals surface area contributed by atoms with Crippen molar-refractivity contribution in [3.8, 4) is 0 Å². The van der Waals surface area contributed by atoms with Crippen molar-refractivity contribution >= 4 is 21.8 Å². The standard InChI is InChI=1S/C27H26N2/c1-19-13-15-20(16-14-19)27(2,23-17-28(3)25-11-7-5-9-21(23)25)24-18-29(4)26-12-8-6-10-22(24)26/h5-18H,1-4H3. The fourth-order valence-corrected chi connectivity index (χ4v) is 4.82. The second-order valence-electron chi connectivity index (χ2n) is 8.33. The SMILES string of the molecule is Cc1ccc(C(C)(c2cn(C)c3ccccc23)c2cn(C)c3ccccc23)cc1. The maximum Gasteiger partial charge on any atom is 0.0480 e. The van der Waals surface area contributed by atoms with Crippen molar-refractivity contribution in [2.24, 2.45) is 14.1 Å². The molecule has 0 N–H and O–H groups in total. The van der Waals surface area contributed by atoms with E-state index in [2.05, 4.69) is 122 Å². The molecule has 5 rings (SSSR count). The monoisotopic (exact) mass is 378 g/mol. The van der Waals surface area contributed by atoms with Crippen LogP contribution in [0.15, 0.2) is 85.2 Å². The van der Waals surface area contributed by atoms with Crippen LogP contribution in [0.3, 0.4) is 0 Å². The van der Waals surface area contributed by atoms with Gasteiger partial charge in [0.25, 0.3) is 0 Å². The third kappa shape index (κ3) is 2.56. The normalized spacial score (nSPS) is 12.1. The van der Waals surface area contributed by atoms with E-state index in [0.717, 1.165) is 0 Å². The van der Waals surface area contributed by atoms with Gasteiger partial charge in [0.05, 0.1) is 0 Å². The average molecular weight is 379 g/mol. The van der Waals surface area contributed by atoms with E-state index in [0.29, 0.717) is 0 Å². The minimum absolute atomic E-state index is 0.268. The van der Waals surface area contributed by atoms with E-state index in [4.69, 9.17) is 0 Å². The molecule has 2 heteroatoms. The molecule has 0 saturated carbocycles. The molecule has 0 aliphatic rings. The Morgan fingerprint density at radius 2 is 1.07 bits per heavy atom. The van der Waals surface area contributed by atoms with Crippen LogP contribution in [0.4, 0.5) is 0 Å². The second kappa shape index (κ2) is 6.38. The lowest BCUT2D eigenvalue weighted by molar-refractivity contribution is 0.696. The largest absolute Gasteiger partial charge is 0.350 e. The smallest absolute Gasteiger partial charge is 0.0480 e. The lowest BCUT2D eigenvalue weighted by Gasteiger charge is -2.31. The van der Waals surface area contributed by atoms with Crippen LogP contribution in [0, 0.1) is 6.92 Å². The van der Waals surface area contributed by atoms with Crippen LogP contribution < -0.4 is 0 Å². The van der Waals surface area contributed by atoms with Crippen LogP contribution in [-0.2, 0) is 19.5 Å². The number of rotatable bonds is 3. The lowest BCUT2D eigenvalue weighted by atomic mass is 9.71. The first-order chi connectivity index (χ1) is 14.0. The first kappa shape index (κ1) is 17.8. The molecule has 2 nitrogen and oxygen atoms in total. The number of nitrogens with zero attached hydrogens (tertiary/aromatic N) is 2. The van der Waals surface area contributed by atoms with Gasteiger partial charge in [-0.3, -0.25) is 0 Å². The van der Waals surface area contributed by atoms with Crippen LogP contribution in [0.2, 0.25) is 0 Å². The summed E-state index contributed by atoms with van der Waals surface area (Å²) in [6, 6.07) is 26.5. The predicted octanol–water partition coefficient (Wildman–Crippen LogP) is 6.33. The zero-order valence-corrected chi connectivity index (χ0v) is 17.5. The van der Waals surface area contributed by atoms with Gasteiger partial charge in [0.1, 0.15) is 0 Å². The summed E-state index contributed by atoms with van der Waals surface area (Å²) in [6.45, 7) is 4.53. The average Bonchev–Trinajstić information content (AvgIpc) is 3.27. The maximum absolute atomic E-state index is 2.38. The first-order valence-corrected chi connectivity index (χ1v) is 10.2. The number of aryl methyl sites for hydroxylation is 3. The molecule has 29 heavy (non-hydrogen) atoms. The van der Waals surface area contributed by atoms with Gasteiger partial charge in [0.2, 0.25) is 0 Å². The fraction of sp³-hybridized carbons (Fsp3) is 0.185. The Labute approximate surface area is 172 Å². The molecule has 144 valence electrons. The van der Waals surface area contributed by atoms with E-state index in [1.165, 1.54) is 44.1 Å². The number of hydrogen-bond donors (Lipinski definition) is 0. The van der Waals surface area contributed by atoms with Gasteiger partial charge in [-0.1, -0.05) is 66.2 Å². The summed E-state index contributed by atoms with van der Waals surface area (Å²) in [5, 5.41) is 2.62. The molecule has 0 aliphatic carbocycles. The Bertz CT molecular complexity index is 1250. The zero-order chi connectivity index (χ0) is 20.2. The third-order valence-electron chi connectivity index (χ3n) is 6.50. The predicted molar refractivity (Wildman–Crippen MR) is 123 cm³/mol. The van der Waals surface area contributed by atoms with Crippen LogP contribution >= 0.6 is 0 Å². The molecule has 0 spiro atoms. The Kier molecular flexibility index (Phi) is 3.92. The van der Waals surface area contributed by atoms with E-state index in [9.17, 15) is 0 Å². The molecule has 2 aromatic heterocycles. The maximum atomic E-state index is 2.38. The van der Waals surface area contributed by atoms with Gasteiger partial charge >= 0.3 is 0 Å². The molecule has 0 amide bonds. The molecule has 0 unspecified atom stereocenters. The van der Waals surface area contributed by atoms with Gasteiger partial charge in [-0.2, -0.15) is 0 Å². The molecule has 0 radical (unpaired) electrons. The molecule has 2 heterocycles. The summed E-state index contributed by atoms with van der Waals surface area (Å²) in [5.41, 5.74) is 7.55. The summed E-state index contributed by atoms with van der Waals surface area (Å²) in [5.74, 6) is 0. The van der Waals surface area contributed by atoms with Gasteiger partial charge in [0.15, 0.2) is 0 Å². The Hall–Kier alpha value is -3.26. The Balaban J connectivity index is 1.91. The van der Waals surface area contributed by atoms with Crippen molar-refractivity contribution in [2.75, 3.05) is 0 Å². The summed E-state index contributed by atoms with van der Waals surface area (Å²) in [7, 11) is 4.29. The lowest BCUT2D eigenvalue weighted by Crippen LogP contribution is -2.25. The third-order valence-corrected chi connectivity index (χ3v) is 6.50. The summed E-state index contributed by atoms with van der Waals surface area (Å²) >= 11 is 0. The van der Waals surface area contributed by atoms with E-state index >= 15 is 0 Å². The van der Waals surface area contributed by atoms with Gasteiger partial charge < -0.3 is 9.13 Å². The molecule has 0 atom stereocenters. The number of para-hydroxylation sites is 2. The summed E-state index contributed by atoms with van der Waals surface area (Å²) < 4.78 is 4.50. The van der Waals surface area contributed by atoms with Crippen molar-refractivity contribution in [3.63, 3.8) is 0 Å². The number of aromatic nitrogens is 2. The topological polar surface area (TPSA) is 9.86 Å². The molecular formula is C27H26N2. The van der Waals surface area contributed by atoms with Crippen LogP contribution in [0.1, 0.15) is 29.2 Å². The van der Waals surface area contributed by atoms with E-state index in [1.807, 2.05) is 0 Å². The van der Waals surface area contributed by atoms with Gasteiger partial charge in [-0.05, 0) is 42.7 Å². The quantitative estimate of drug-likeness (QED) is 0.347. The molecule has 5 aromatic rings. The van der Waals surface area contributed by atoms with Gasteiger partial charge in [-0.15, -0.1) is 0 Å². The van der Waals surface area contributed by atoms with Crippen molar-refractivity contribution in [1.82, 2.24) is 9.13 Å². The van der Waals surface area contributed by atoms with Crippen molar-refractivity contribution < 1.29 is 0 Å². The number of fused-ring (bicyclic) bond motifs is 2. The van der Waals surface area contributed by atoms with Crippen LogP contribution in [0.25, 0.3) is 21.8 Å². The van der Waals surface area contributed by atoms with Crippen molar-refractivity contribution in [1.29, 1.82) is 0 Å². The Morgan fingerprint density at radius 1 is 0.621 bits per heavy atom. The number of hydrogen-bond acceptors (Lipinski definition) is 0. The van der Waals surface area contributed by atoms with E-state index in [-0.39, 0.29) is 5.41 Å². The molecule has 0 aliphatic heterocycles. The molecule has 0 saturated heterocycles. The minimum atomic E-state index is -0.268. The van der Waals surface area contributed by atoms with Crippen LogP contribution in [-0.4, -0.2) is 9.13 Å². The van der Waals surface area contributed by atoms with Gasteiger partial charge in [-0.25, -0.2) is 0 Å². The molecule has 3 aromatic carbocycles. The second-order valence-corrected chi connectivity index (χ2v) is 8.33. The Morgan fingerprint density at radius 3 is 1.55 bits per heavy atom. The molecular weight excluding hydrogens is 352 g/mol. The highest BCUT2D eigenvalue weighted by atomic mass is 14.9. The van der Waals surface area contributed by atoms with Gasteiger partial charge in [0, 0.05) is 53.7 Å². The van der Waals surface area contributed by atoms with Crippen molar-refractivity contribution in [3.05, 3.63) is 107 Å². The zero-order valence-electron chi connectivity index (χ0n) is 17.5. The molecule has 0 bridgehead atoms. The van der Waals surface area contributed by atoms with Crippen molar-refractivity contribution in [2.45, 2.75) is 19.3 Å². The summed E-state index contributed by atoms with van der Waals surface area (Å²) in [4.78, 5) is 0. The number of benzene rings is 3. The highest BCUT2D eigenvalue weighted by Gasteiger charge is 2.36. The van der Waals surface area contributed by atoms with E-state index in [1.54, 1.807) is 0 Å². The highest BCUT2D eigenvalue weighted by molar-refractivity contribution is 5.91. The summed E-state index contributed by atoms with van der Waals surface area (Å²) in [6.07, 6.45) is 4.62. The van der Waals surface area contributed by atoms with Crippen LogP contribution in [0.5, 0.6) is 0 Å². The molecule has 0 fully saturated rings. The minimum Gasteiger partial charge on any atom is -0.350 e.